The highest BCUT2D eigenvalue weighted by molar-refractivity contribution is 7.89. The van der Waals surface area contributed by atoms with Gasteiger partial charge in [-0.15, -0.1) is 0 Å². The molecule has 0 bridgehead atoms. The van der Waals surface area contributed by atoms with Gasteiger partial charge in [-0.3, -0.25) is 0 Å². The zero-order valence-electron chi connectivity index (χ0n) is 10.7. The van der Waals surface area contributed by atoms with Crippen LogP contribution in [-0.2, 0) is 16.6 Å². The van der Waals surface area contributed by atoms with Crippen molar-refractivity contribution in [3.63, 3.8) is 0 Å². The van der Waals surface area contributed by atoms with Crippen LogP contribution in [0.5, 0.6) is 0 Å². The standard InChI is InChI=1S/C13H18ClNO3S/c14-13-6-5-12(9-11(13)10-16)19(17,18)15-7-3-1-2-4-8-15/h5-6,9,16H,1-4,7-8,10H2. The molecule has 1 heterocycles. The largest absolute Gasteiger partial charge is 0.392 e. The first-order chi connectivity index (χ1) is 9.05. The summed E-state index contributed by atoms with van der Waals surface area (Å²) in [7, 11) is -3.47. The van der Waals surface area contributed by atoms with E-state index in [2.05, 4.69) is 0 Å². The number of benzene rings is 1. The Morgan fingerprint density at radius 1 is 1.16 bits per heavy atom. The zero-order chi connectivity index (χ0) is 13.9. The van der Waals surface area contributed by atoms with E-state index in [-0.39, 0.29) is 11.5 Å². The van der Waals surface area contributed by atoms with Crippen LogP contribution >= 0.6 is 11.6 Å². The van der Waals surface area contributed by atoms with Crippen LogP contribution in [-0.4, -0.2) is 30.9 Å². The van der Waals surface area contributed by atoms with E-state index in [0.29, 0.717) is 23.7 Å². The summed E-state index contributed by atoms with van der Waals surface area (Å²) in [6.45, 7) is 0.876. The molecule has 0 spiro atoms. The van der Waals surface area contributed by atoms with Gasteiger partial charge in [-0.1, -0.05) is 24.4 Å². The lowest BCUT2D eigenvalue weighted by atomic mass is 10.2. The van der Waals surface area contributed by atoms with Gasteiger partial charge in [-0.2, -0.15) is 4.31 Å². The van der Waals surface area contributed by atoms with E-state index in [1.54, 1.807) is 0 Å². The van der Waals surface area contributed by atoms with Crippen LogP contribution in [0.1, 0.15) is 31.2 Å². The Labute approximate surface area is 119 Å². The highest BCUT2D eigenvalue weighted by Gasteiger charge is 2.25. The van der Waals surface area contributed by atoms with Gasteiger partial charge in [0.2, 0.25) is 10.0 Å². The number of aliphatic hydroxyl groups is 1. The van der Waals surface area contributed by atoms with E-state index >= 15 is 0 Å². The van der Waals surface area contributed by atoms with Crippen LogP contribution in [0.2, 0.25) is 5.02 Å². The number of nitrogens with zero attached hydrogens (tertiary/aromatic N) is 1. The predicted octanol–water partition coefficient (Wildman–Crippen LogP) is 2.40. The summed E-state index contributed by atoms with van der Waals surface area (Å²) < 4.78 is 26.6. The molecule has 4 nitrogen and oxygen atoms in total. The average molecular weight is 304 g/mol. The summed E-state index contributed by atoms with van der Waals surface area (Å²) in [4.78, 5) is 0.211. The molecule has 6 heteroatoms. The van der Waals surface area contributed by atoms with Crippen molar-refractivity contribution in [2.75, 3.05) is 13.1 Å². The molecule has 1 aliphatic rings. The van der Waals surface area contributed by atoms with Gasteiger partial charge in [0.25, 0.3) is 0 Å². The van der Waals surface area contributed by atoms with Crippen molar-refractivity contribution in [2.45, 2.75) is 37.2 Å². The van der Waals surface area contributed by atoms with Crippen molar-refractivity contribution in [1.29, 1.82) is 0 Å². The first kappa shape index (κ1) is 14.8. The van der Waals surface area contributed by atoms with E-state index in [0.717, 1.165) is 25.7 Å². The quantitative estimate of drug-likeness (QED) is 0.933. The Hall–Kier alpha value is -0.620. The van der Waals surface area contributed by atoms with Crippen LogP contribution in [0.4, 0.5) is 0 Å². The minimum atomic E-state index is -3.47. The molecule has 0 atom stereocenters. The van der Waals surface area contributed by atoms with Crippen molar-refractivity contribution < 1.29 is 13.5 Å². The fourth-order valence-corrected chi connectivity index (χ4v) is 4.01. The summed E-state index contributed by atoms with van der Waals surface area (Å²) >= 11 is 5.89. The molecule has 2 rings (SSSR count). The van der Waals surface area contributed by atoms with Gasteiger partial charge in [-0.05, 0) is 36.6 Å². The van der Waals surface area contributed by atoms with E-state index < -0.39 is 10.0 Å². The minimum absolute atomic E-state index is 0.211. The Bertz CT molecular complexity index is 537. The lowest BCUT2D eigenvalue weighted by Gasteiger charge is -2.20. The Morgan fingerprint density at radius 2 is 1.79 bits per heavy atom. The summed E-state index contributed by atoms with van der Waals surface area (Å²) in [5.74, 6) is 0. The molecule has 0 unspecified atom stereocenters. The second kappa shape index (κ2) is 6.22. The SMILES string of the molecule is O=S(=O)(c1ccc(Cl)c(CO)c1)N1CCCCCC1. The second-order valence-electron chi connectivity index (χ2n) is 4.73. The van der Waals surface area contributed by atoms with Crippen LogP contribution in [0.25, 0.3) is 0 Å². The van der Waals surface area contributed by atoms with Crippen molar-refractivity contribution in [1.82, 2.24) is 4.31 Å². The zero-order valence-corrected chi connectivity index (χ0v) is 12.3. The van der Waals surface area contributed by atoms with Gasteiger partial charge in [0.15, 0.2) is 0 Å². The highest BCUT2D eigenvalue weighted by Crippen LogP contribution is 2.24. The second-order valence-corrected chi connectivity index (χ2v) is 7.07. The smallest absolute Gasteiger partial charge is 0.243 e. The molecule has 106 valence electrons. The Morgan fingerprint density at radius 3 is 2.37 bits per heavy atom. The number of halogens is 1. The van der Waals surface area contributed by atoms with Gasteiger partial charge >= 0.3 is 0 Å². The van der Waals surface area contributed by atoms with Gasteiger partial charge in [0, 0.05) is 18.1 Å². The molecular weight excluding hydrogens is 286 g/mol. The lowest BCUT2D eigenvalue weighted by molar-refractivity contribution is 0.281. The fraction of sp³-hybridized carbons (Fsp3) is 0.538. The predicted molar refractivity (Wildman–Crippen MR) is 74.6 cm³/mol. The maximum Gasteiger partial charge on any atom is 0.243 e. The molecule has 0 aromatic heterocycles. The lowest BCUT2D eigenvalue weighted by Crippen LogP contribution is -2.32. The van der Waals surface area contributed by atoms with Gasteiger partial charge < -0.3 is 5.11 Å². The van der Waals surface area contributed by atoms with Crippen LogP contribution in [0.15, 0.2) is 23.1 Å². The number of aliphatic hydroxyl groups excluding tert-OH is 1. The fourth-order valence-electron chi connectivity index (χ4n) is 2.26. The molecule has 0 amide bonds. The third-order valence-corrected chi connectivity index (χ3v) is 5.65. The van der Waals surface area contributed by atoms with Crippen molar-refractivity contribution in [2.24, 2.45) is 0 Å². The normalized spacial score (nSPS) is 18.2. The molecule has 1 fully saturated rings. The maximum atomic E-state index is 12.5. The topological polar surface area (TPSA) is 57.6 Å². The van der Waals surface area contributed by atoms with Crippen LogP contribution < -0.4 is 0 Å². The molecule has 1 N–H and O–H groups in total. The molecule has 0 radical (unpaired) electrons. The number of hydrogen-bond donors (Lipinski definition) is 1. The number of rotatable bonds is 3. The van der Waals surface area contributed by atoms with Gasteiger partial charge in [0.05, 0.1) is 11.5 Å². The molecule has 1 aliphatic heterocycles. The molecule has 1 aromatic carbocycles. The van der Waals surface area contributed by atoms with Crippen LogP contribution in [0, 0.1) is 0 Å². The maximum absolute atomic E-state index is 12.5. The first-order valence-electron chi connectivity index (χ1n) is 6.45. The van der Waals surface area contributed by atoms with Crippen molar-refractivity contribution >= 4 is 21.6 Å². The van der Waals surface area contributed by atoms with E-state index in [1.807, 2.05) is 0 Å². The van der Waals surface area contributed by atoms with Gasteiger partial charge in [0.1, 0.15) is 0 Å². The molecular formula is C13H18ClNO3S. The third kappa shape index (κ3) is 3.28. The van der Waals surface area contributed by atoms with Gasteiger partial charge in [-0.25, -0.2) is 8.42 Å². The first-order valence-corrected chi connectivity index (χ1v) is 8.27. The molecule has 1 aromatic rings. The summed E-state index contributed by atoms with van der Waals surface area (Å²) in [5.41, 5.74) is 0.442. The number of sulfonamides is 1. The summed E-state index contributed by atoms with van der Waals surface area (Å²) in [6.07, 6.45) is 3.96. The molecule has 0 aliphatic carbocycles. The highest BCUT2D eigenvalue weighted by atomic mass is 35.5. The summed E-state index contributed by atoms with van der Waals surface area (Å²) in [5, 5.41) is 9.56. The Balaban J connectivity index is 2.32. The van der Waals surface area contributed by atoms with E-state index in [4.69, 9.17) is 11.6 Å². The Kier molecular flexibility index (Phi) is 4.84. The molecule has 0 saturated carbocycles. The molecule has 1 saturated heterocycles. The third-order valence-electron chi connectivity index (χ3n) is 3.39. The number of hydrogen-bond acceptors (Lipinski definition) is 3. The van der Waals surface area contributed by atoms with Crippen LogP contribution in [0.3, 0.4) is 0 Å². The van der Waals surface area contributed by atoms with E-state index in [9.17, 15) is 13.5 Å². The van der Waals surface area contributed by atoms with Crippen molar-refractivity contribution in [3.8, 4) is 0 Å². The van der Waals surface area contributed by atoms with Crippen molar-refractivity contribution in [3.05, 3.63) is 28.8 Å². The van der Waals surface area contributed by atoms with E-state index in [1.165, 1.54) is 22.5 Å². The monoisotopic (exact) mass is 303 g/mol. The summed E-state index contributed by atoms with van der Waals surface area (Å²) in [6, 6.07) is 4.49. The molecule has 19 heavy (non-hydrogen) atoms. The average Bonchev–Trinajstić information content (AvgIpc) is 2.68. The minimum Gasteiger partial charge on any atom is -0.392 e.